The Kier molecular flexibility index (Phi) is 5.11. The molecule has 0 aliphatic carbocycles. The molecule has 0 aliphatic rings. The highest BCUT2D eigenvalue weighted by Crippen LogP contribution is 2.22. The second-order valence-electron chi connectivity index (χ2n) is 4.70. The summed E-state index contributed by atoms with van der Waals surface area (Å²) in [4.78, 5) is 6.48. The molecule has 0 amide bonds. The quantitative estimate of drug-likeness (QED) is 0.820. The lowest BCUT2D eigenvalue weighted by Gasteiger charge is -2.16. The average Bonchev–Trinajstić information content (AvgIpc) is 2.87. The molecular formula is C14H19ClN4O. The van der Waals surface area contributed by atoms with E-state index in [2.05, 4.69) is 15.0 Å². The summed E-state index contributed by atoms with van der Waals surface area (Å²) >= 11 is 6.17. The third-order valence-corrected chi connectivity index (χ3v) is 3.58. The summed E-state index contributed by atoms with van der Waals surface area (Å²) in [5, 5.41) is 5.04. The standard InChI is InChI=1S/C14H19ClN4O/c1-11-12(15)5-4-6-13(11)19-14(16-10-17-19)9-18(2)7-8-20-3/h4-6,10H,7-9H2,1-3H3. The topological polar surface area (TPSA) is 43.2 Å². The molecule has 1 aromatic heterocycles. The van der Waals surface area contributed by atoms with E-state index in [0.29, 0.717) is 13.2 Å². The molecule has 2 rings (SSSR count). The fourth-order valence-electron chi connectivity index (χ4n) is 1.97. The van der Waals surface area contributed by atoms with Gasteiger partial charge in [0.2, 0.25) is 0 Å². The first-order valence-corrected chi connectivity index (χ1v) is 6.83. The van der Waals surface area contributed by atoms with Gasteiger partial charge in [0, 0.05) is 18.7 Å². The predicted molar refractivity (Wildman–Crippen MR) is 79.3 cm³/mol. The molecule has 0 fully saturated rings. The molecular weight excluding hydrogens is 276 g/mol. The molecule has 0 aliphatic heterocycles. The Bertz CT molecular complexity index is 570. The Morgan fingerprint density at radius 1 is 1.40 bits per heavy atom. The Morgan fingerprint density at radius 2 is 2.20 bits per heavy atom. The van der Waals surface area contributed by atoms with Crippen molar-refractivity contribution in [1.82, 2.24) is 19.7 Å². The van der Waals surface area contributed by atoms with Crippen molar-refractivity contribution >= 4 is 11.6 Å². The molecule has 1 aromatic carbocycles. The van der Waals surface area contributed by atoms with Crippen molar-refractivity contribution < 1.29 is 4.74 Å². The molecule has 20 heavy (non-hydrogen) atoms. The van der Waals surface area contributed by atoms with Gasteiger partial charge in [-0.3, -0.25) is 4.90 Å². The summed E-state index contributed by atoms with van der Waals surface area (Å²) in [6.07, 6.45) is 1.57. The van der Waals surface area contributed by atoms with Crippen LogP contribution in [-0.4, -0.2) is 47.0 Å². The van der Waals surface area contributed by atoms with E-state index >= 15 is 0 Å². The van der Waals surface area contributed by atoms with Crippen LogP contribution in [0.3, 0.4) is 0 Å². The minimum atomic E-state index is 0.695. The number of likely N-dealkylation sites (N-methyl/N-ethyl adjacent to an activating group) is 1. The Hall–Kier alpha value is -1.43. The Balaban J connectivity index is 2.22. The number of rotatable bonds is 6. The van der Waals surface area contributed by atoms with Gasteiger partial charge in [-0.1, -0.05) is 17.7 Å². The van der Waals surface area contributed by atoms with E-state index in [4.69, 9.17) is 16.3 Å². The summed E-state index contributed by atoms with van der Waals surface area (Å²) < 4.78 is 6.92. The summed E-state index contributed by atoms with van der Waals surface area (Å²) in [5.74, 6) is 0.883. The molecule has 0 saturated heterocycles. The van der Waals surface area contributed by atoms with Crippen molar-refractivity contribution in [2.75, 3.05) is 27.3 Å². The van der Waals surface area contributed by atoms with Crippen molar-refractivity contribution in [2.24, 2.45) is 0 Å². The molecule has 0 bridgehead atoms. The first kappa shape index (κ1) is 15.0. The molecule has 0 spiro atoms. The number of aromatic nitrogens is 3. The van der Waals surface area contributed by atoms with Crippen LogP contribution in [0, 0.1) is 6.92 Å². The fraction of sp³-hybridized carbons (Fsp3) is 0.429. The minimum Gasteiger partial charge on any atom is -0.383 e. The summed E-state index contributed by atoms with van der Waals surface area (Å²) in [7, 11) is 3.73. The number of hydrogen-bond donors (Lipinski definition) is 0. The lowest BCUT2D eigenvalue weighted by molar-refractivity contribution is 0.157. The zero-order chi connectivity index (χ0) is 14.5. The van der Waals surface area contributed by atoms with Gasteiger partial charge in [-0.05, 0) is 31.7 Å². The lowest BCUT2D eigenvalue weighted by Crippen LogP contribution is -2.24. The highest BCUT2D eigenvalue weighted by molar-refractivity contribution is 6.31. The van der Waals surface area contributed by atoms with Crippen molar-refractivity contribution in [2.45, 2.75) is 13.5 Å². The van der Waals surface area contributed by atoms with Crippen molar-refractivity contribution in [1.29, 1.82) is 0 Å². The van der Waals surface area contributed by atoms with Crippen LogP contribution >= 0.6 is 11.6 Å². The van der Waals surface area contributed by atoms with Crippen molar-refractivity contribution in [3.8, 4) is 5.69 Å². The van der Waals surface area contributed by atoms with E-state index in [-0.39, 0.29) is 0 Å². The van der Waals surface area contributed by atoms with Gasteiger partial charge in [0.15, 0.2) is 0 Å². The van der Waals surface area contributed by atoms with Crippen LogP contribution in [0.5, 0.6) is 0 Å². The predicted octanol–water partition coefficient (Wildman–Crippen LogP) is 2.31. The first-order chi connectivity index (χ1) is 9.63. The van der Waals surface area contributed by atoms with Crippen LogP contribution in [0.1, 0.15) is 11.4 Å². The zero-order valence-corrected chi connectivity index (χ0v) is 12.8. The molecule has 108 valence electrons. The van der Waals surface area contributed by atoms with Crippen molar-refractivity contribution in [3.63, 3.8) is 0 Å². The molecule has 1 heterocycles. The molecule has 0 N–H and O–H groups in total. The third-order valence-electron chi connectivity index (χ3n) is 3.17. The third kappa shape index (κ3) is 3.36. The Morgan fingerprint density at radius 3 is 2.95 bits per heavy atom. The second-order valence-corrected chi connectivity index (χ2v) is 5.11. The number of ether oxygens (including phenoxy) is 1. The molecule has 6 heteroatoms. The van der Waals surface area contributed by atoms with Crippen LogP contribution in [0.15, 0.2) is 24.5 Å². The van der Waals surface area contributed by atoms with Gasteiger partial charge >= 0.3 is 0 Å². The smallest absolute Gasteiger partial charge is 0.146 e. The monoisotopic (exact) mass is 294 g/mol. The highest BCUT2D eigenvalue weighted by atomic mass is 35.5. The van der Waals surface area contributed by atoms with Gasteiger partial charge in [0.05, 0.1) is 18.8 Å². The van der Waals surface area contributed by atoms with Gasteiger partial charge < -0.3 is 4.74 Å². The van der Waals surface area contributed by atoms with Crippen LogP contribution in [-0.2, 0) is 11.3 Å². The number of halogens is 1. The van der Waals surface area contributed by atoms with E-state index in [1.165, 1.54) is 0 Å². The SMILES string of the molecule is COCCN(C)Cc1ncnn1-c1cccc(Cl)c1C. The van der Waals surface area contributed by atoms with Crippen molar-refractivity contribution in [3.05, 3.63) is 40.9 Å². The normalized spacial score (nSPS) is 11.2. The van der Waals surface area contributed by atoms with Gasteiger partial charge in [0.1, 0.15) is 12.2 Å². The van der Waals surface area contributed by atoms with E-state index < -0.39 is 0 Å². The second kappa shape index (κ2) is 6.83. The van der Waals surface area contributed by atoms with Gasteiger partial charge in [-0.15, -0.1) is 0 Å². The largest absolute Gasteiger partial charge is 0.383 e. The summed E-state index contributed by atoms with van der Waals surface area (Å²) in [6, 6.07) is 5.79. The maximum atomic E-state index is 6.17. The number of nitrogens with zero attached hydrogens (tertiary/aromatic N) is 4. The van der Waals surface area contributed by atoms with Crippen LogP contribution in [0.4, 0.5) is 0 Å². The maximum absolute atomic E-state index is 6.17. The Labute approximate surface area is 124 Å². The average molecular weight is 295 g/mol. The number of hydrogen-bond acceptors (Lipinski definition) is 4. The molecule has 0 saturated carbocycles. The minimum absolute atomic E-state index is 0.695. The van der Waals surface area contributed by atoms with E-state index in [0.717, 1.165) is 28.6 Å². The first-order valence-electron chi connectivity index (χ1n) is 6.45. The molecule has 0 radical (unpaired) electrons. The molecule has 0 unspecified atom stereocenters. The maximum Gasteiger partial charge on any atom is 0.146 e. The highest BCUT2D eigenvalue weighted by Gasteiger charge is 2.12. The van der Waals surface area contributed by atoms with Crippen LogP contribution in [0.25, 0.3) is 5.69 Å². The molecule has 2 aromatic rings. The van der Waals surface area contributed by atoms with Crippen LogP contribution in [0.2, 0.25) is 5.02 Å². The van der Waals surface area contributed by atoms with E-state index in [1.807, 2.05) is 36.9 Å². The molecule has 5 nitrogen and oxygen atoms in total. The number of methoxy groups -OCH3 is 1. The van der Waals surface area contributed by atoms with Gasteiger partial charge in [0.25, 0.3) is 0 Å². The van der Waals surface area contributed by atoms with Gasteiger partial charge in [-0.25, -0.2) is 9.67 Å². The van der Waals surface area contributed by atoms with Gasteiger partial charge in [-0.2, -0.15) is 5.10 Å². The van der Waals surface area contributed by atoms with E-state index in [1.54, 1.807) is 13.4 Å². The zero-order valence-electron chi connectivity index (χ0n) is 12.0. The van der Waals surface area contributed by atoms with Crippen LogP contribution < -0.4 is 0 Å². The number of benzene rings is 1. The lowest BCUT2D eigenvalue weighted by atomic mass is 10.2. The summed E-state index contributed by atoms with van der Waals surface area (Å²) in [5.41, 5.74) is 1.96. The summed E-state index contributed by atoms with van der Waals surface area (Å²) in [6.45, 7) is 4.23. The molecule has 0 atom stereocenters. The van der Waals surface area contributed by atoms with E-state index in [9.17, 15) is 0 Å². The fourth-order valence-corrected chi connectivity index (χ4v) is 2.14.